The molecule has 1 rings (SSSR count). The zero-order chi connectivity index (χ0) is 13.4. The minimum Gasteiger partial charge on any atom is -0.464 e. The van der Waals surface area contributed by atoms with Crippen LogP contribution >= 0.6 is 0 Å². The molecule has 1 aliphatic rings. The van der Waals surface area contributed by atoms with Crippen molar-refractivity contribution in [3.05, 3.63) is 0 Å². The number of hydrogen-bond acceptors (Lipinski definition) is 5. The zero-order valence-electron chi connectivity index (χ0n) is 11.4. The number of rotatable bonds is 7. The number of likely N-dealkylation sites (tertiary alicyclic amines) is 1. The van der Waals surface area contributed by atoms with Crippen molar-refractivity contribution in [3.63, 3.8) is 0 Å². The summed E-state index contributed by atoms with van der Waals surface area (Å²) in [7, 11) is 0. The predicted octanol–water partition coefficient (Wildman–Crippen LogP) is 0.659. The Balaban J connectivity index is 2.02. The van der Waals surface area contributed by atoms with E-state index in [2.05, 4.69) is 4.90 Å². The second kappa shape index (κ2) is 8.45. The average molecular weight is 259 g/mol. The average Bonchev–Trinajstić information content (AvgIpc) is 2.35. The van der Waals surface area contributed by atoms with E-state index in [-0.39, 0.29) is 18.7 Å². The molecule has 5 nitrogen and oxygen atoms in total. The van der Waals surface area contributed by atoms with Crippen molar-refractivity contribution in [3.8, 4) is 0 Å². The van der Waals surface area contributed by atoms with Gasteiger partial charge in [-0.3, -0.25) is 0 Å². The minimum atomic E-state index is -0.301. The van der Waals surface area contributed by atoms with Crippen molar-refractivity contribution >= 4 is 5.97 Å². The van der Waals surface area contributed by atoms with E-state index in [1.165, 1.54) is 0 Å². The number of piperidine rings is 1. The van der Waals surface area contributed by atoms with Crippen molar-refractivity contribution in [1.82, 2.24) is 4.90 Å². The molecule has 5 heteroatoms. The largest absolute Gasteiger partial charge is 0.464 e. The molecule has 106 valence electrons. The molecule has 1 atom stereocenters. The van der Waals surface area contributed by atoms with Gasteiger partial charge >= 0.3 is 5.97 Å². The third kappa shape index (κ3) is 5.80. The van der Waals surface area contributed by atoms with E-state index in [4.69, 9.17) is 9.47 Å². The van der Waals surface area contributed by atoms with Crippen molar-refractivity contribution in [1.29, 1.82) is 0 Å². The van der Waals surface area contributed by atoms with E-state index in [0.29, 0.717) is 19.1 Å². The molecular formula is C13H25NO4. The molecule has 0 amide bonds. The lowest BCUT2D eigenvalue weighted by atomic mass is 9.92. The van der Waals surface area contributed by atoms with Gasteiger partial charge in [0.1, 0.15) is 6.61 Å². The van der Waals surface area contributed by atoms with Crippen LogP contribution in [0.1, 0.15) is 26.7 Å². The molecular weight excluding hydrogens is 234 g/mol. The molecule has 0 aromatic carbocycles. The van der Waals surface area contributed by atoms with Crippen molar-refractivity contribution in [2.24, 2.45) is 5.92 Å². The third-order valence-corrected chi connectivity index (χ3v) is 3.39. The van der Waals surface area contributed by atoms with Gasteiger partial charge in [-0.25, -0.2) is 4.79 Å². The second-order valence-corrected chi connectivity index (χ2v) is 4.78. The molecule has 0 aromatic rings. The van der Waals surface area contributed by atoms with Crippen LogP contribution in [0, 0.1) is 5.92 Å². The van der Waals surface area contributed by atoms with Gasteiger partial charge in [0.25, 0.3) is 0 Å². The Bertz CT molecular complexity index is 237. The van der Waals surface area contributed by atoms with Crippen LogP contribution in [-0.2, 0) is 14.3 Å². The number of nitrogens with zero attached hydrogens (tertiary/aromatic N) is 1. The van der Waals surface area contributed by atoms with Gasteiger partial charge in [-0.2, -0.15) is 0 Å². The molecule has 0 bridgehead atoms. The van der Waals surface area contributed by atoms with Gasteiger partial charge in [-0.1, -0.05) is 0 Å². The van der Waals surface area contributed by atoms with Crippen LogP contribution in [-0.4, -0.2) is 61.5 Å². The zero-order valence-corrected chi connectivity index (χ0v) is 11.4. The Morgan fingerprint density at radius 3 is 2.67 bits per heavy atom. The van der Waals surface area contributed by atoms with E-state index in [0.717, 1.165) is 32.5 Å². The van der Waals surface area contributed by atoms with E-state index < -0.39 is 0 Å². The summed E-state index contributed by atoms with van der Waals surface area (Å²) in [6, 6.07) is 0. The van der Waals surface area contributed by atoms with E-state index in [1.807, 2.05) is 6.92 Å². The topological polar surface area (TPSA) is 59.0 Å². The first-order valence-electron chi connectivity index (χ1n) is 6.77. The lowest BCUT2D eigenvalue weighted by Gasteiger charge is -2.33. The summed E-state index contributed by atoms with van der Waals surface area (Å²) in [4.78, 5) is 13.3. The predicted molar refractivity (Wildman–Crippen MR) is 68.3 cm³/mol. The molecule has 1 N–H and O–H groups in total. The number of carbonyl (C=O) groups excluding carboxylic acids is 1. The summed E-state index contributed by atoms with van der Waals surface area (Å²) >= 11 is 0. The van der Waals surface area contributed by atoms with Gasteiger partial charge in [0.2, 0.25) is 0 Å². The Kier molecular flexibility index (Phi) is 7.23. The van der Waals surface area contributed by atoms with Crippen molar-refractivity contribution in [2.45, 2.75) is 32.8 Å². The normalized spacial score (nSPS) is 19.7. The molecule has 0 saturated carbocycles. The van der Waals surface area contributed by atoms with Crippen LogP contribution in [0.5, 0.6) is 0 Å². The number of ether oxygens (including phenoxy) is 2. The third-order valence-electron chi connectivity index (χ3n) is 3.39. The SMILES string of the molecule is CCOC(=O)COCCN1CCC(C(C)O)CC1. The highest BCUT2D eigenvalue weighted by molar-refractivity contribution is 5.70. The lowest BCUT2D eigenvalue weighted by Crippen LogP contribution is -2.38. The fourth-order valence-corrected chi connectivity index (χ4v) is 2.21. The molecule has 1 saturated heterocycles. The smallest absolute Gasteiger partial charge is 0.332 e. The Morgan fingerprint density at radius 2 is 2.11 bits per heavy atom. The number of carbonyl (C=O) groups is 1. The first-order valence-corrected chi connectivity index (χ1v) is 6.77. The Morgan fingerprint density at radius 1 is 1.44 bits per heavy atom. The fraction of sp³-hybridized carbons (Fsp3) is 0.923. The molecule has 0 aromatic heterocycles. The summed E-state index contributed by atoms with van der Waals surface area (Å²) in [5, 5.41) is 9.49. The van der Waals surface area contributed by atoms with Crippen molar-refractivity contribution < 1.29 is 19.4 Å². The van der Waals surface area contributed by atoms with E-state index in [9.17, 15) is 9.90 Å². The summed E-state index contributed by atoms with van der Waals surface area (Å²) in [6.07, 6.45) is 1.87. The van der Waals surface area contributed by atoms with Crippen LogP contribution in [0.15, 0.2) is 0 Å². The first-order chi connectivity index (χ1) is 8.63. The molecule has 18 heavy (non-hydrogen) atoms. The van der Waals surface area contributed by atoms with E-state index >= 15 is 0 Å². The Hall–Kier alpha value is -0.650. The first kappa shape index (κ1) is 15.4. The lowest BCUT2D eigenvalue weighted by molar-refractivity contribution is -0.148. The maximum Gasteiger partial charge on any atom is 0.332 e. The summed E-state index contributed by atoms with van der Waals surface area (Å²) in [5.74, 6) is 0.131. The number of esters is 1. The maximum absolute atomic E-state index is 11.0. The highest BCUT2D eigenvalue weighted by Crippen LogP contribution is 2.19. The minimum absolute atomic E-state index is 0.0397. The summed E-state index contributed by atoms with van der Waals surface area (Å²) in [6.45, 7) is 7.47. The van der Waals surface area contributed by atoms with Gasteiger partial charge in [-0.05, 0) is 45.7 Å². The van der Waals surface area contributed by atoms with Crippen LogP contribution in [0.3, 0.4) is 0 Å². The molecule has 1 heterocycles. The van der Waals surface area contributed by atoms with Crippen LogP contribution < -0.4 is 0 Å². The second-order valence-electron chi connectivity index (χ2n) is 4.78. The van der Waals surface area contributed by atoms with Gasteiger partial charge in [0, 0.05) is 6.54 Å². The molecule has 1 unspecified atom stereocenters. The fourth-order valence-electron chi connectivity index (χ4n) is 2.21. The van der Waals surface area contributed by atoms with Crippen LogP contribution in [0.25, 0.3) is 0 Å². The van der Waals surface area contributed by atoms with Gasteiger partial charge < -0.3 is 19.5 Å². The highest BCUT2D eigenvalue weighted by atomic mass is 16.6. The molecule has 1 aliphatic heterocycles. The molecule has 0 radical (unpaired) electrons. The summed E-state index contributed by atoms with van der Waals surface area (Å²) < 4.78 is 10.0. The van der Waals surface area contributed by atoms with Crippen molar-refractivity contribution in [2.75, 3.05) is 39.5 Å². The van der Waals surface area contributed by atoms with E-state index in [1.54, 1.807) is 6.92 Å². The van der Waals surface area contributed by atoms with Gasteiger partial charge in [-0.15, -0.1) is 0 Å². The quantitative estimate of drug-likeness (QED) is 0.537. The number of hydrogen-bond donors (Lipinski definition) is 1. The van der Waals surface area contributed by atoms with Crippen LogP contribution in [0.2, 0.25) is 0 Å². The standard InChI is InChI=1S/C13H25NO4/c1-3-18-13(16)10-17-9-8-14-6-4-12(5-7-14)11(2)15/h11-12,15H,3-10H2,1-2H3. The number of aliphatic hydroxyl groups is 1. The van der Waals surface area contributed by atoms with Crippen LogP contribution in [0.4, 0.5) is 0 Å². The molecule has 0 spiro atoms. The summed E-state index contributed by atoms with van der Waals surface area (Å²) in [5.41, 5.74) is 0. The Labute approximate surface area is 109 Å². The number of aliphatic hydroxyl groups excluding tert-OH is 1. The molecule has 0 aliphatic carbocycles. The monoisotopic (exact) mass is 259 g/mol. The van der Waals surface area contributed by atoms with Gasteiger partial charge in [0.15, 0.2) is 0 Å². The van der Waals surface area contributed by atoms with Gasteiger partial charge in [0.05, 0.1) is 19.3 Å². The highest BCUT2D eigenvalue weighted by Gasteiger charge is 2.22. The molecule has 1 fully saturated rings. The maximum atomic E-state index is 11.0.